The summed E-state index contributed by atoms with van der Waals surface area (Å²) in [5.74, 6) is 0.443. The Bertz CT molecular complexity index is 952. The van der Waals surface area contributed by atoms with Crippen LogP contribution < -0.4 is 9.47 Å². The average Bonchev–Trinajstić information content (AvgIpc) is 2.68. The van der Waals surface area contributed by atoms with E-state index >= 15 is 0 Å². The predicted molar refractivity (Wildman–Crippen MR) is 100 cm³/mol. The minimum Gasteiger partial charge on any atom is -0.489 e. The third-order valence-corrected chi connectivity index (χ3v) is 3.91. The summed E-state index contributed by atoms with van der Waals surface area (Å²) >= 11 is 0. The van der Waals surface area contributed by atoms with Crippen LogP contribution in [-0.2, 0) is 6.61 Å². The second kappa shape index (κ2) is 8.14. The first kappa shape index (κ1) is 18.1. The lowest BCUT2D eigenvalue weighted by molar-refractivity contribution is -0.385. The molecule has 0 spiro atoms. The van der Waals surface area contributed by atoms with Crippen LogP contribution in [0.1, 0.15) is 21.5 Å². The van der Waals surface area contributed by atoms with E-state index in [0.29, 0.717) is 23.7 Å². The molecule has 0 atom stereocenters. The molecule has 0 heterocycles. The highest BCUT2D eigenvalue weighted by Gasteiger charge is 2.15. The number of nitro groups is 1. The Hall–Kier alpha value is -3.67. The molecule has 0 aliphatic rings. The van der Waals surface area contributed by atoms with Gasteiger partial charge in [0.2, 0.25) is 0 Å². The van der Waals surface area contributed by atoms with E-state index in [2.05, 4.69) is 0 Å². The van der Waals surface area contributed by atoms with Crippen LogP contribution >= 0.6 is 0 Å². The Morgan fingerprint density at radius 2 is 1.63 bits per heavy atom. The molecule has 6 heteroatoms. The number of nitro benzene ring substituents is 1. The van der Waals surface area contributed by atoms with Gasteiger partial charge < -0.3 is 9.47 Å². The number of carbonyl (C=O) groups is 1. The molecule has 3 aromatic carbocycles. The van der Waals surface area contributed by atoms with Crippen molar-refractivity contribution in [1.82, 2.24) is 0 Å². The predicted octanol–water partition coefficient (Wildman–Crippen LogP) is 4.70. The van der Waals surface area contributed by atoms with Crippen LogP contribution in [0.2, 0.25) is 0 Å². The molecule has 0 aliphatic carbocycles. The van der Waals surface area contributed by atoms with Crippen molar-refractivity contribution < 1.29 is 19.2 Å². The summed E-state index contributed by atoms with van der Waals surface area (Å²) in [4.78, 5) is 22.6. The lowest BCUT2D eigenvalue weighted by atomic mass is 10.1. The fourth-order valence-corrected chi connectivity index (χ4v) is 2.50. The van der Waals surface area contributed by atoms with Crippen LogP contribution in [0.5, 0.6) is 11.5 Å². The molecule has 0 aromatic heterocycles. The van der Waals surface area contributed by atoms with Crippen molar-refractivity contribution in [3.63, 3.8) is 0 Å². The Kier molecular flexibility index (Phi) is 5.47. The zero-order valence-corrected chi connectivity index (χ0v) is 14.6. The topological polar surface area (TPSA) is 78.7 Å². The summed E-state index contributed by atoms with van der Waals surface area (Å²) < 4.78 is 11.0. The number of esters is 1. The average molecular weight is 363 g/mol. The minimum atomic E-state index is -0.578. The Morgan fingerprint density at radius 1 is 0.963 bits per heavy atom. The molecule has 3 aromatic rings. The van der Waals surface area contributed by atoms with Gasteiger partial charge in [-0.1, -0.05) is 30.3 Å². The van der Waals surface area contributed by atoms with Crippen molar-refractivity contribution in [3.8, 4) is 11.5 Å². The van der Waals surface area contributed by atoms with Crippen LogP contribution in [0.3, 0.4) is 0 Å². The second-order valence-corrected chi connectivity index (χ2v) is 5.89. The van der Waals surface area contributed by atoms with E-state index in [1.54, 1.807) is 31.2 Å². The molecule has 6 nitrogen and oxygen atoms in total. The van der Waals surface area contributed by atoms with Gasteiger partial charge in [0.25, 0.3) is 5.69 Å². The third-order valence-electron chi connectivity index (χ3n) is 3.91. The summed E-state index contributed by atoms with van der Waals surface area (Å²) in [6.45, 7) is 2.02. The lowest BCUT2D eigenvalue weighted by Crippen LogP contribution is -2.09. The van der Waals surface area contributed by atoms with Gasteiger partial charge in [-0.25, -0.2) is 4.79 Å². The molecule has 0 radical (unpaired) electrons. The van der Waals surface area contributed by atoms with Crippen LogP contribution in [0, 0.1) is 17.0 Å². The molecule has 0 saturated carbocycles. The van der Waals surface area contributed by atoms with Crippen molar-refractivity contribution >= 4 is 11.7 Å². The van der Waals surface area contributed by atoms with E-state index < -0.39 is 10.9 Å². The molecule has 0 N–H and O–H groups in total. The van der Waals surface area contributed by atoms with Gasteiger partial charge in [-0.15, -0.1) is 0 Å². The van der Waals surface area contributed by atoms with Gasteiger partial charge in [0.1, 0.15) is 18.1 Å². The molecular formula is C21H17NO5. The SMILES string of the molecule is Cc1cc(C(=O)Oc2ccc(OCc3ccccc3)cc2)ccc1[N+](=O)[O-]. The highest BCUT2D eigenvalue weighted by atomic mass is 16.6. The fraction of sp³-hybridized carbons (Fsp3) is 0.0952. The Labute approximate surface area is 156 Å². The number of rotatable bonds is 6. The highest BCUT2D eigenvalue weighted by Crippen LogP contribution is 2.22. The fourth-order valence-electron chi connectivity index (χ4n) is 2.50. The van der Waals surface area contributed by atoms with E-state index in [4.69, 9.17) is 9.47 Å². The number of aryl methyl sites for hydroxylation is 1. The lowest BCUT2D eigenvalue weighted by Gasteiger charge is -2.08. The highest BCUT2D eigenvalue weighted by molar-refractivity contribution is 5.91. The second-order valence-electron chi connectivity index (χ2n) is 5.89. The standard InChI is InChI=1S/C21H17NO5/c1-15-13-17(7-12-20(15)22(24)25)21(23)27-19-10-8-18(9-11-19)26-14-16-5-3-2-4-6-16/h2-13H,14H2,1H3. The molecule has 0 bridgehead atoms. The van der Waals surface area contributed by atoms with Crippen LogP contribution in [-0.4, -0.2) is 10.9 Å². The van der Waals surface area contributed by atoms with Crippen LogP contribution in [0.4, 0.5) is 5.69 Å². The molecule has 0 unspecified atom stereocenters. The minimum absolute atomic E-state index is 0.0357. The quantitative estimate of drug-likeness (QED) is 0.274. The smallest absolute Gasteiger partial charge is 0.343 e. The van der Waals surface area contributed by atoms with Gasteiger partial charge in [-0.2, -0.15) is 0 Å². The third kappa shape index (κ3) is 4.70. The van der Waals surface area contributed by atoms with E-state index in [1.165, 1.54) is 18.2 Å². The summed E-state index contributed by atoms with van der Waals surface area (Å²) in [6.07, 6.45) is 0. The van der Waals surface area contributed by atoms with Crippen molar-refractivity contribution in [2.75, 3.05) is 0 Å². The monoisotopic (exact) mass is 363 g/mol. The maximum absolute atomic E-state index is 12.2. The molecule has 0 fully saturated rings. The van der Waals surface area contributed by atoms with E-state index in [-0.39, 0.29) is 11.3 Å². The van der Waals surface area contributed by atoms with Gasteiger partial charge >= 0.3 is 5.97 Å². The normalized spacial score (nSPS) is 10.3. The maximum atomic E-state index is 12.2. The van der Waals surface area contributed by atoms with Gasteiger partial charge in [-0.3, -0.25) is 10.1 Å². The van der Waals surface area contributed by atoms with Crippen LogP contribution in [0.15, 0.2) is 72.8 Å². The summed E-state index contributed by atoms with van der Waals surface area (Å²) in [5.41, 5.74) is 1.68. The zero-order chi connectivity index (χ0) is 19.2. The Balaban J connectivity index is 1.61. The molecular weight excluding hydrogens is 346 g/mol. The first-order valence-corrected chi connectivity index (χ1v) is 8.27. The molecule has 0 saturated heterocycles. The zero-order valence-electron chi connectivity index (χ0n) is 14.6. The molecule has 136 valence electrons. The number of hydrogen-bond acceptors (Lipinski definition) is 5. The number of carbonyl (C=O) groups excluding carboxylic acids is 1. The Morgan fingerprint density at radius 3 is 2.26 bits per heavy atom. The number of benzene rings is 3. The van der Waals surface area contributed by atoms with Gasteiger partial charge in [0, 0.05) is 11.6 Å². The van der Waals surface area contributed by atoms with Crippen molar-refractivity contribution in [2.24, 2.45) is 0 Å². The van der Waals surface area contributed by atoms with Gasteiger partial charge in [0.15, 0.2) is 0 Å². The van der Waals surface area contributed by atoms with E-state index in [0.717, 1.165) is 5.56 Å². The molecule has 27 heavy (non-hydrogen) atoms. The van der Waals surface area contributed by atoms with Gasteiger partial charge in [0.05, 0.1) is 10.5 Å². The molecule has 0 aliphatic heterocycles. The number of hydrogen-bond donors (Lipinski definition) is 0. The summed E-state index contributed by atoms with van der Waals surface area (Å²) in [5, 5.41) is 10.8. The largest absolute Gasteiger partial charge is 0.489 e. The summed E-state index contributed by atoms with van der Waals surface area (Å²) in [7, 11) is 0. The number of nitrogens with zero attached hydrogens (tertiary/aromatic N) is 1. The van der Waals surface area contributed by atoms with Crippen LogP contribution in [0.25, 0.3) is 0 Å². The van der Waals surface area contributed by atoms with Crippen molar-refractivity contribution in [3.05, 3.63) is 99.6 Å². The van der Waals surface area contributed by atoms with E-state index in [9.17, 15) is 14.9 Å². The molecule has 3 rings (SSSR count). The van der Waals surface area contributed by atoms with Gasteiger partial charge in [-0.05, 0) is 48.9 Å². The maximum Gasteiger partial charge on any atom is 0.343 e. The van der Waals surface area contributed by atoms with Crippen molar-refractivity contribution in [1.29, 1.82) is 0 Å². The first-order valence-electron chi connectivity index (χ1n) is 8.27. The van der Waals surface area contributed by atoms with E-state index in [1.807, 2.05) is 30.3 Å². The first-order chi connectivity index (χ1) is 13.0. The van der Waals surface area contributed by atoms with Crippen molar-refractivity contribution in [2.45, 2.75) is 13.5 Å². The number of ether oxygens (including phenoxy) is 2. The summed E-state index contributed by atoms with van der Waals surface area (Å²) in [6, 6.07) is 20.6. The molecule has 0 amide bonds.